The van der Waals surface area contributed by atoms with Crippen molar-refractivity contribution in [1.82, 2.24) is 0 Å². The van der Waals surface area contributed by atoms with Crippen LogP contribution in [-0.2, 0) is 9.05 Å². The minimum Gasteiger partial charge on any atom is -0.396 e. The molecule has 0 saturated carbocycles. The van der Waals surface area contributed by atoms with Gasteiger partial charge in [-0.15, -0.1) is 0 Å². The lowest BCUT2D eigenvalue weighted by atomic mass is 10.5. The maximum absolute atomic E-state index is 8.50. The van der Waals surface area contributed by atoms with Gasteiger partial charge in [-0.3, -0.25) is 0 Å². The van der Waals surface area contributed by atoms with Crippen LogP contribution in [0.4, 0.5) is 0 Å². The summed E-state index contributed by atoms with van der Waals surface area (Å²) in [5.41, 5.74) is 0. The van der Waals surface area contributed by atoms with E-state index in [-0.39, 0.29) is 6.61 Å². The smallest absolute Gasteiger partial charge is 0.170 e. The maximum Gasteiger partial charge on any atom is 0.170 e. The Bertz CT molecular complexity index is 83.1. The molecule has 0 unspecified atom stereocenters. The van der Waals surface area contributed by atoms with Gasteiger partial charge < -0.3 is 14.2 Å². The van der Waals surface area contributed by atoms with Crippen LogP contribution < -0.4 is 0 Å². The number of aliphatic hydroxyl groups excluding tert-OH is 1. The molecule has 0 aromatic rings. The van der Waals surface area contributed by atoms with E-state index in [2.05, 4.69) is 0 Å². The molecule has 1 aliphatic heterocycles. The lowest BCUT2D eigenvalue weighted by Gasteiger charge is -2.21. The highest BCUT2D eigenvalue weighted by Gasteiger charge is 2.13. The Labute approximate surface area is 62.3 Å². The van der Waals surface area contributed by atoms with E-state index in [1.54, 1.807) is 0 Å². The normalized spacial score (nSPS) is 21.3. The van der Waals surface area contributed by atoms with Crippen LogP contribution in [0.5, 0.6) is 0 Å². The van der Waals surface area contributed by atoms with Gasteiger partial charge in [0.1, 0.15) is 0 Å². The quantitative estimate of drug-likeness (QED) is 0.635. The van der Waals surface area contributed by atoms with Gasteiger partial charge in [-0.2, -0.15) is 0 Å². The van der Waals surface area contributed by atoms with E-state index in [9.17, 15) is 0 Å². The summed E-state index contributed by atoms with van der Waals surface area (Å²) in [7, 11) is -0.638. The van der Waals surface area contributed by atoms with Gasteiger partial charge in [-0.25, -0.2) is 0 Å². The van der Waals surface area contributed by atoms with Gasteiger partial charge in [0.15, 0.2) is 8.38 Å². The molecule has 0 aliphatic carbocycles. The number of rotatable bonds is 3. The predicted molar refractivity (Wildman–Crippen MR) is 40.0 cm³/mol. The Kier molecular flexibility index (Phi) is 4.23. The molecule has 1 N–H and O–H groups in total. The molecule has 0 radical (unpaired) electrons. The summed E-state index contributed by atoms with van der Waals surface area (Å²) in [4.78, 5) is 0. The summed E-state index contributed by atoms with van der Waals surface area (Å²) >= 11 is 0. The van der Waals surface area contributed by atoms with Gasteiger partial charge in [-0.1, -0.05) is 0 Å². The third-order valence-electron chi connectivity index (χ3n) is 1.26. The Morgan fingerprint density at radius 2 is 2.00 bits per heavy atom. The molecule has 0 aromatic carbocycles. The highest BCUT2D eigenvalue weighted by Crippen LogP contribution is 2.41. The summed E-state index contributed by atoms with van der Waals surface area (Å²) in [6, 6.07) is 0. The Hall–Kier alpha value is 0.310. The summed E-state index contributed by atoms with van der Waals surface area (Å²) in [5.74, 6) is 0. The zero-order valence-corrected chi connectivity index (χ0v) is 6.85. The fourth-order valence-electron chi connectivity index (χ4n) is 0.758. The average Bonchev–Trinajstić information content (AvgIpc) is 2.03. The van der Waals surface area contributed by atoms with Crippen LogP contribution in [0.25, 0.3) is 0 Å². The Balaban J connectivity index is 2.02. The molecule has 1 fully saturated rings. The van der Waals surface area contributed by atoms with Crippen molar-refractivity contribution in [2.45, 2.75) is 12.8 Å². The fraction of sp³-hybridized carbons (Fsp3) is 1.00. The average molecular weight is 164 g/mol. The third kappa shape index (κ3) is 2.93. The molecule has 1 saturated heterocycles. The molecule has 1 rings (SSSR count). The maximum atomic E-state index is 8.50. The summed E-state index contributed by atoms with van der Waals surface area (Å²) in [5, 5.41) is 8.50. The van der Waals surface area contributed by atoms with E-state index in [1.165, 1.54) is 0 Å². The first-order valence-corrected chi connectivity index (χ1v) is 4.94. The van der Waals surface area contributed by atoms with Crippen molar-refractivity contribution in [3.63, 3.8) is 0 Å². The first kappa shape index (κ1) is 8.41. The van der Waals surface area contributed by atoms with Gasteiger partial charge in [0.05, 0.1) is 13.2 Å². The molecule has 0 aromatic heterocycles. The van der Waals surface area contributed by atoms with Gasteiger partial charge in [0.25, 0.3) is 0 Å². The Morgan fingerprint density at radius 3 is 2.60 bits per heavy atom. The summed E-state index contributed by atoms with van der Waals surface area (Å²) < 4.78 is 10.6. The standard InChI is InChI=1S/C6H13O3P/c7-3-1-6-10-8-4-2-5-9-10/h7H,1-6H2. The van der Waals surface area contributed by atoms with Gasteiger partial charge in [-0.05, 0) is 12.8 Å². The topological polar surface area (TPSA) is 38.7 Å². The molecule has 60 valence electrons. The zero-order valence-electron chi connectivity index (χ0n) is 5.95. The molecule has 0 spiro atoms. The molecule has 0 amide bonds. The van der Waals surface area contributed by atoms with E-state index in [0.29, 0.717) is 0 Å². The lowest BCUT2D eigenvalue weighted by Crippen LogP contribution is -2.07. The van der Waals surface area contributed by atoms with Gasteiger partial charge in [0.2, 0.25) is 0 Å². The largest absolute Gasteiger partial charge is 0.396 e. The van der Waals surface area contributed by atoms with Crippen LogP contribution in [0.3, 0.4) is 0 Å². The lowest BCUT2D eigenvalue weighted by molar-refractivity contribution is 0.180. The molecule has 10 heavy (non-hydrogen) atoms. The van der Waals surface area contributed by atoms with Crippen molar-refractivity contribution in [3.05, 3.63) is 0 Å². The van der Waals surface area contributed by atoms with E-state index < -0.39 is 8.38 Å². The van der Waals surface area contributed by atoms with Crippen molar-refractivity contribution in [3.8, 4) is 0 Å². The van der Waals surface area contributed by atoms with Crippen molar-refractivity contribution in [2.75, 3.05) is 26.0 Å². The second-order valence-electron chi connectivity index (χ2n) is 2.15. The monoisotopic (exact) mass is 164 g/mol. The van der Waals surface area contributed by atoms with E-state index in [4.69, 9.17) is 14.2 Å². The van der Waals surface area contributed by atoms with Crippen LogP contribution in [0.1, 0.15) is 12.8 Å². The highest BCUT2D eigenvalue weighted by atomic mass is 31.2. The van der Waals surface area contributed by atoms with Crippen molar-refractivity contribution >= 4 is 8.38 Å². The van der Waals surface area contributed by atoms with Crippen LogP contribution in [0.2, 0.25) is 0 Å². The SMILES string of the molecule is OCCCP1OCCCO1. The van der Waals surface area contributed by atoms with E-state index in [0.717, 1.165) is 32.2 Å². The highest BCUT2D eigenvalue weighted by molar-refractivity contribution is 7.47. The van der Waals surface area contributed by atoms with Gasteiger partial charge in [0, 0.05) is 12.8 Å². The van der Waals surface area contributed by atoms with E-state index in [1.807, 2.05) is 0 Å². The second kappa shape index (κ2) is 5.03. The Morgan fingerprint density at radius 1 is 1.30 bits per heavy atom. The first-order chi connectivity index (χ1) is 4.93. The molecule has 0 bridgehead atoms. The van der Waals surface area contributed by atoms with Crippen LogP contribution in [0.15, 0.2) is 0 Å². The van der Waals surface area contributed by atoms with Crippen LogP contribution in [0, 0.1) is 0 Å². The van der Waals surface area contributed by atoms with Crippen LogP contribution >= 0.6 is 8.38 Å². The molecule has 4 heteroatoms. The minimum atomic E-state index is -0.638. The van der Waals surface area contributed by atoms with Crippen molar-refractivity contribution < 1.29 is 14.2 Å². The first-order valence-electron chi connectivity index (χ1n) is 3.57. The number of hydrogen-bond donors (Lipinski definition) is 1. The van der Waals surface area contributed by atoms with E-state index >= 15 is 0 Å². The molecule has 1 heterocycles. The molecule has 3 nitrogen and oxygen atoms in total. The van der Waals surface area contributed by atoms with Crippen molar-refractivity contribution in [1.29, 1.82) is 0 Å². The third-order valence-corrected chi connectivity index (χ3v) is 2.88. The second-order valence-corrected chi connectivity index (χ2v) is 3.78. The summed E-state index contributed by atoms with van der Waals surface area (Å²) in [6.07, 6.45) is 2.69. The van der Waals surface area contributed by atoms with Crippen LogP contribution in [-0.4, -0.2) is 31.1 Å². The fourth-order valence-corrected chi connectivity index (χ4v) is 2.16. The van der Waals surface area contributed by atoms with Gasteiger partial charge >= 0.3 is 0 Å². The molecule has 0 atom stereocenters. The predicted octanol–water partition coefficient (Wildman–Crippen LogP) is 1.12. The zero-order chi connectivity index (χ0) is 7.23. The molecule has 1 aliphatic rings. The summed E-state index contributed by atoms with van der Waals surface area (Å²) in [6.45, 7) is 1.90. The molecular formula is C6H13O3P. The number of hydrogen-bond acceptors (Lipinski definition) is 3. The van der Waals surface area contributed by atoms with Crippen molar-refractivity contribution in [2.24, 2.45) is 0 Å². The minimum absolute atomic E-state index is 0.242. The molecular weight excluding hydrogens is 151 g/mol. The number of aliphatic hydroxyl groups is 1.